The van der Waals surface area contributed by atoms with E-state index in [1.807, 2.05) is 26.0 Å². The minimum atomic E-state index is -0.843. The van der Waals surface area contributed by atoms with Crippen LogP contribution < -0.4 is 4.90 Å². The maximum absolute atomic E-state index is 13.2. The SMILES string of the molecule is Cc1ccc(N2C(=O)C(=O)/C(=C(/O)c3ccc(Cl)c(Cl)c3)C2c2cccnc2)c(C)c1. The van der Waals surface area contributed by atoms with Crippen molar-refractivity contribution in [3.63, 3.8) is 0 Å². The van der Waals surface area contributed by atoms with E-state index in [1.165, 1.54) is 17.0 Å². The molecule has 2 heterocycles. The molecular formula is C24H18Cl2N2O3. The van der Waals surface area contributed by atoms with Gasteiger partial charge in [0, 0.05) is 23.6 Å². The second kappa shape index (κ2) is 8.17. The summed E-state index contributed by atoms with van der Waals surface area (Å²) in [4.78, 5) is 31.8. The van der Waals surface area contributed by atoms with Gasteiger partial charge in [-0.2, -0.15) is 0 Å². The second-order valence-electron chi connectivity index (χ2n) is 7.37. The number of amides is 1. The highest BCUT2D eigenvalue weighted by atomic mass is 35.5. The Morgan fingerprint density at radius 3 is 2.45 bits per heavy atom. The number of benzene rings is 2. The zero-order chi connectivity index (χ0) is 22.3. The van der Waals surface area contributed by atoms with Crippen molar-refractivity contribution in [1.82, 2.24) is 4.98 Å². The van der Waals surface area contributed by atoms with Crippen molar-refractivity contribution >= 4 is 46.3 Å². The van der Waals surface area contributed by atoms with Gasteiger partial charge < -0.3 is 5.11 Å². The summed E-state index contributed by atoms with van der Waals surface area (Å²) in [6.45, 7) is 3.83. The van der Waals surface area contributed by atoms with E-state index in [0.717, 1.165) is 11.1 Å². The first-order valence-electron chi connectivity index (χ1n) is 9.53. The summed E-state index contributed by atoms with van der Waals surface area (Å²) in [6, 6.07) is 12.8. The molecule has 7 heteroatoms. The molecule has 0 radical (unpaired) electrons. The quantitative estimate of drug-likeness (QED) is 0.317. The maximum atomic E-state index is 13.2. The van der Waals surface area contributed by atoms with Gasteiger partial charge in [0.05, 0.1) is 21.7 Å². The lowest BCUT2D eigenvalue weighted by molar-refractivity contribution is -0.132. The van der Waals surface area contributed by atoms with E-state index in [0.29, 0.717) is 21.8 Å². The van der Waals surface area contributed by atoms with Crippen LogP contribution in [0.3, 0.4) is 0 Å². The Kier molecular flexibility index (Phi) is 5.56. The molecule has 156 valence electrons. The van der Waals surface area contributed by atoms with Crippen LogP contribution in [0.5, 0.6) is 0 Å². The number of ketones is 1. The van der Waals surface area contributed by atoms with E-state index in [-0.39, 0.29) is 16.4 Å². The van der Waals surface area contributed by atoms with Gasteiger partial charge in [-0.15, -0.1) is 0 Å². The number of hydrogen-bond acceptors (Lipinski definition) is 4. The molecule has 1 fully saturated rings. The minimum absolute atomic E-state index is 0.0311. The number of carbonyl (C=O) groups is 2. The number of hydrogen-bond donors (Lipinski definition) is 1. The molecule has 0 saturated carbocycles. The van der Waals surface area contributed by atoms with Crippen LogP contribution in [0, 0.1) is 13.8 Å². The van der Waals surface area contributed by atoms with Crippen molar-refractivity contribution in [3.8, 4) is 0 Å². The van der Waals surface area contributed by atoms with Gasteiger partial charge in [-0.25, -0.2) is 0 Å². The smallest absolute Gasteiger partial charge is 0.300 e. The fourth-order valence-corrected chi connectivity index (χ4v) is 4.11. The summed E-state index contributed by atoms with van der Waals surface area (Å²) in [7, 11) is 0. The number of carbonyl (C=O) groups excluding carboxylic acids is 2. The fourth-order valence-electron chi connectivity index (χ4n) is 3.81. The predicted molar refractivity (Wildman–Crippen MR) is 121 cm³/mol. The Morgan fingerprint density at radius 2 is 1.81 bits per heavy atom. The molecule has 0 bridgehead atoms. The van der Waals surface area contributed by atoms with Crippen LogP contribution in [0.4, 0.5) is 5.69 Å². The first-order chi connectivity index (χ1) is 14.8. The van der Waals surface area contributed by atoms with Gasteiger partial charge in [-0.1, -0.05) is 47.0 Å². The molecule has 1 aliphatic heterocycles. The zero-order valence-electron chi connectivity index (χ0n) is 16.8. The number of halogens is 2. The molecule has 1 unspecified atom stereocenters. The third-order valence-electron chi connectivity index (χ3n) is 5.25. The van der Waals surface area contributed by atoms with Gasteiger partial charge in [-0.3, -0.25) is 19.5 Å². The lowest BCUT2D eigenvalue weighted by atomic mass is 9.96. The summed E-state index contributed by atoms with van der Waals surface area (Å²) in [6.07, 6.45) is 3.18. The van der Waals surface area contributed by atoms with E-state index in [4.69, 9.17) is 23.2 Å². The molecule has 0 spiro atoms. The molecule has 1 atom stereocenters. The molecule has 5 nitrogen and oxygen atoms in total. The van der Waals surface area contributed by atoms with Gasteiger partial charge in [-0.05, 0) is 55.3 Å². The zero-order valence-corrected chi connectivity index (χ0v) is 18.3. The molecular weight excluding hydrogens is 435 g/mol. The molecule has 4 rings (SSSR count). The number of nitrogens with zero attached hydrogens (tertiary/aromatic N) is 2. The van der Waals surface area contributed by atoms with E-state index >= 15 is 0 Å². The number of Topliss-reactive ketones (excluding diaryl/α,β-unsaturated/α-hetero) is 1. The monoisotopic (exact) mass is 452 g/mol. The number of pyridine rings is 1. The Morgan fingerprint density at radius 1 is 1.03 bits per heavy atom. The average molecular weight is 453 g/mol. The van der Waals surface area contributed by atoms with Crippen LogP contribution in [0.2, 0.25) is 10.0 Å². The number of rotatable bonds is 3. The first-order valence-corrected chi connectivity index (χ1v) is 10.3. The molecule has 0 aliphatic carbocycles. The van der Waals surface area contributed by atoms with Crippen LogP contribution in [0.25, 0.3) is 5.76 Å². The van der Waals surface area contributed by atoms with Gasteiger partial charge in [0.1, 0.15) is 5.76 Å². The third-order valence-corrected chi connectivity index (χ3v) is 5.99. The summed E-state index contributed by atoms with van der Waals surface area (Å²) in [5, 5.41) is 11.6. The largest absolute Gasteiger partial charge is 0.507 e. The van der Waals surface area contributed by atoms with Gasteiger partial charge in [0.2, 0.25) is 0 Å². The van der Waals surface area contributed by atoms with E-state index in [9.17, 15) is 14.7 Å². The Hall–Kier alpha value is -3.15. The highest BCUT2D eigenvalue weighted by molar-refractivity contribution is 6.52. The van der Waals surface area contributed by atoms with Gasteiger partial charge >= 0.3 is 0 Å². The van der Waals surface area contributed by atoms with Crippen molar-refractivity contribution in [2.45, 2.75) is 19.9 Å². The topological polar surface area (TPSA) is 70.5 Å². The minimum Gasteiger partial charge on any atom is -0.507 e. The lowest BCUT2D eigenvalue weighted by Gasteiger charge is -2.26. The fraction of sp³-hybridized carbons (Fsp3) is 0.125. The van der Waals surface area contributed by atoms with Gasteiger partial charge in [0.25, 0.3) is 11.7 Å². The van der Waals surface area contributed by atoms with Gasteiger partial charge in [0.15, 0.2) is 0 Å². The van der Waals surface area contributed by atoms with Crippen LogP contribution >= 0.6 is 23.2 Å². The number of anilines is 1. The number of aliphatic hydroxyl groups is 1. The first kappa shape index (κ1) is 21.1. The molecule has 1 saturated heterocycles. The van der Waals surface area contributed by atoms with Crippen LogP contribution in [-0.2, 0) is 9.59 Å². The molecule has 1 aliphatic rings. The van der Waals surface area contributed by atoms with E-state index < -0.39 is 17.7 Å². The van der Waals surface area contributed by atoms with Crippen LogP contribution in [0.15, 0.2) is 66.5 Å². The molecule has 1 aromatic heterocycles. The van der Waals surface area contributed by atoms with Crippen molar-refractivity contribution in [2.75, 3.05) is 4.90 Å². The average Bonchev–Trinajstić information content (AvgIpc) is 3.01. The summed E-state index contributed by atoms with van der Waals surface area (Å²) < 4.78 is 0. The van der Waals surface area contributed by atoms with Crippen molar-refractivity contribution in [1.29, 1.82) is 0 Å². The van der Waals surface area contributed by atoms with Crippen molar-refractivity contribution in [2.24, 2.45) is 0 Å². The summed E-state index contributed by atoms with van der Waals surface area (Å²) in [5.41, 5.74) is 3.33. The molecule has 1 N–H and O–H groups in total. The lowest BCUT2D eigenvalue weighted by Crippen LogP contribution is -2.30. The predicted octanol–water partition coefficient (Wildman–Crippen LogP) is 5.63. The third kappa shape index (κ3) is 3.71. The maximum Gasteiger partial charge on any atom is 0.300 e. The molecule has 31 heavy (non-hydrogen) atoms. The van der Waals surface area contributed by atoms with Crippen molar-refractivity contribution < 1.29 is 14.7 Å². The van der Waals surface area contributed by atoms with Crippen molar-refractivity contribution in [3.05, 3.63) is 98.8 Å². The molecule has 2 aromatic carbocycles. The summed E-state index contributed by atoms with van der Waals surface area (Å²) >= 11 is 12.1. The number of aryl methyl sites for hydroxylation is 2. The van der Waals surface area contributed by atoms with E-state index in [2.05, 4.69) is 4.98 Å². The van der Waals surface area contributed by atoms with Crippen LogP contribution in [-0.4, -0.2) is 21.8 Å². The van der Waals surface area contributed by atoms with E-state index in [1.54, 1.807) is 36.7 Å². The Bertz CT molecular complexity index is 1240. The Labute approximate surface area is 189 Å². The normalized spacial score (nSPS) is 17.9. The standard InChI is InChI=1S/C24H18Cl2N2O3/c1-13-5-8-19(14(2)10-13)28-21(16-4-3-9-27-12-16)20(23(30)24(28)31)22(29)15-6-7-17(25)18(26)11-15/h3-12,21,29H,1-2H3/b22-20+. The second-order valence-corrected chi connectivity index (χ2v) is 8.19. The Balaban J connectivity index is 1.97. The summed E-state index contributed by atoms with van der Waals surface area (Å²) in [5.74, 6) is -1.82. The number of aliphatic hydroxyl groups excluding tert-OH is 1. The van der Waals surface area contributed by atoms with Crippen LogP contribution in [0.1, 0.15) is 28.3 Å². The molecule has 1 amide bonds. The highest BCUT2D eigenvalue weighted by Crippen LogP contribution is 2.43. The highest BCUT2D eigenvalue weighted by Gasteiger charge is 2.47. The molecule has 3 aromatic rings. The number of aromatic nitrogens is 1.